The summed E-state index contributed by atoms with van der Waals surface area (Å²) in [4.78, 5) is 24.0. The number of carbonyl (C=O) groups is 2. The quantitative estimate of drug-likeness (QED) is 0.711. The van der Waals surface area contributed by atoms with Crippen molar-refractivity contribution < 1.29 is 18.4 Å². The zero-order chi connectivity index (χ0) is 18.4. The van der Waals surface area contributed by atoms with E-state index in [1.807, 2.05) is 0 Å². The van der Waals surface area contributed by atoms with E-state index in [4.69, 9.17) is 4.42 Å². The second-order valence-electron chi connectivity index (χ2n) is 5.61. The van der Waals surface area contributed by atoms with Crippen molar-refractivity contribution in [1.29, 1.82) is 0 Å². The first-order chi connectivity index (χ1) is 12.6. The number of furan rings is 1. The molecule has 5 nitrogen and oxygen atoms in total. The van der Waals surface area contributed by atoms with E-state index in [2.05, 4.69) is 10.6 Å². The first-order valence-electron chi connectivity index (χ1n) is 8.10. The summed E-state index contributed by atoms with van der Waals surface area (Å²) >= 11 is 0. The molecule has 1 heterocycles. The third-order valence-corrected chi connectivity index (χ3v) is 3.79. The standard InChI is InChI=1S/C20H17FN2O3/c21-17-5-2-1-4-14(17)11-12-22-19(24)15-7-9-16(10-8-15)23-20(25)18-6-3-13-26-18/h1-10,13H,11-12H2,(H,22,24)(H,23,25). The molecule has 2 amide bonds. The molecule has 2 aromatic carbocycles. The molecule has 1 aromatic heterocycles. The second-order valence-corrected chi connectivity index (χ2v) is 5.61. The monoisotopic (exact) mass is 352 g/mol. The van der Waals surface area contributed by atoms with Crippen LogP contribution in [0.3, 0.4) is 0 Å². The van der Waals surface area contributed by atoms with E-state index in [0.717, 1.165) is 0 Å². The Kier molecular flexibility index (Phi) is 5.43. The lowest BCUT2D eigenvalue weighted by molar-refractivity contribution is 0.0953. The van der Waals surface area contributed by atoms with E-state index in [-0.39, 0.29) is 23.4 Å². The minimum absolute atomic E-state index is 0.208. The molecule has 0 aliphatic rings. The highest BCUT2D eigenvalue weighted by Gasteiger charge is 2.10. The SMILES string of the molecule is O=C(NCCc1ccccc1F)c1ccc(NC(=O)c2ccco2)cc1. The molecule has 0 radical (unpaired) electrons. The molecule has 0 aliphatic heterocycles. The molecule has 0 atom stereocenters. The average Bonchev–Trinajstić information content (AvgIpc) is 3.19. The van der Waals surface area contributed by atoms with E-state index < -0.39 is 0 Å². The van der Waals surface area contributed by atoms with Crippen LogP contribution in [0.5, 0.6) is 0 Å². The molecule has 0 unspecified atom stereocenters. The van der Waals surface area contributed by atoms with Gasteiger partial charge in [-0.3, -0.25) is 9.59 Å². The van der Waals surface area contributed by atoms with Crippen LogP contribution >= 0.6 is 0 Å². The fraction of sp³-hybridized carbons (Fsp3) is 0.100. The molecule has 0 saturated heterocycles. The van der Waals surface area contributed by atoms with Crippen LogP contribution in [0.4, 0.5) is 10.1 Å². The van der Waals surface area contributed by atoms with Crippen LogP contribution in [0.1, 0.15) is 26.5 Å². The van der Waals surface area contributed by atoms with Gasteiger partial charge in [-0.2, -0.15) is 0 Å². The number of hydrogen-bond acceptors (Lipinski definition) is 3. The number of rotatable bonds is 6. The second kappa shape index (κ2) is 8.11. The van der Waals surface area contributed by atoms with E-state index >= 15 is 0 Å². The molecule has 2 N–H and O–H groups in total. The maximum Gasteiger partial charge on any atom is 0.291 e. The van der Waals surface area contributed by atoms with Crippen molar-refractivity contribution in [2.75, 3.05) is 11.9 Å². The predicted molar refractivity (Wildman–Crippen MR) is 95.5 cm³/mol. The largest absolute Gasteiger partial charge is 0.459 e. The molecule has 0 spiro atoms. The maximum atomic E-state index is 13.5. The van der Waals surface area contributed by atoms with Crippen molar-refractivity contribution in [1.82, 2.24) is 5.32 Å². The molecule has 0 bridgehead atoms. The normalized spacial score (nSPS) is 10.3. The van der Waals surface area contributed by atoms with Crippen molar-refractivity contribution in [3.63, 3.8) is 0 Å². The number of halogens is 1. The van der Waals surface area contributed by atoms with Gasteiger partial charge in [-0.1, -0.05) is 18.2 Å². The maximum absolute atomic E-state index is 13.5. The molecule has 26 heavy (non-hydrogen) atoms. The summed E-state index contributed by atoms with van der Waals surface area (Å²) in [5, 5.41) is 5.42. The van der Waals surface area contributed by atoms with E-state index in [1.54, 1.807) is 54.6 Å². The van der Waals surface area contributed by atoms with E-state index in [1.165, 1.54) is 12.3 Å². The first-order valence-corrected chi connectivity index (χ1v) is 8.10. The van der Waals surface area contributed by atoms with Gasteiger partial charge in [0.1, 0.15) is 5.82 Å². The molecular formula is C20H17FN2O3. The van der Waals surface area contributed by atoms with Gasteiger partial charge in [0.05, 0.1) is 6.26 Å². The van der Waals surface area contributed by atoms with Gasteiger partial charge in [0.15, 0.2) is 5.76 Å². The lowest BCUT2D eigenvalue weighted by Crippen LogP contribution is -2.25. The third-order valence-electron chi connectivity index (χ3n) is 3.79. The van der Waals surface area contributed by atoms with Crippen molar-refractivity contribution >= 4 is 17.5 Å². The minimum Gasteiger partial charge on any atom is -0.459 e. The van der Waals surface area contributed by atoms with Gasteiger partial charge in [0.2, 0.25) is 0 Å². The fourth-order valence-electron chi connectivity index (χ4n) is 2.42. The summed E-state index contributed by atoms with van der Waals surface area (Å²) in [7, 11) is 0. The molecule has 6 heteroatoms. The van der Waals surface area contributed by atoms with E-state index in [0.29, 0.717) is 29.8 Å². The van der Waals surface area contributed by atoms with Crippen LogP contribution in [0.2, 0.25) is 0 Å². The fourth-order valence-corrected chi connectivity index (χ4v) is 2.42. The molecule has 0 fully saturated rings. The lowest BCUT2D eigenvalue weighted by atomic mass is 10.1. The Morgan fingerprint density at radius 1 is 0.923 bits per heavy atom. The number of nitrogens with one attached hydrogen (secondary N) is 2. The number of anilines is 1. The first kappa shape index (κ1) is 17.4. The number of hydrogen-bond donors (Lipinski definition) is 2. The Hall–Kier alpha value is -3.41. The summed E-state index contributed by atoms with van der Waals surface area (Å²) in [6, 6.07) is 16.1. The van der Waals surface area contributed by atoms with Crippen LogP contribution in [0.15, 0.2) is 71.3 Å². The van der Waals surface area contributed by atoms with Gasteiger partial charge >= 0.3 is 0 Å². The van der Waals surface area contributed by atoms with Gasteiger partial charge in [0.25, 0.3) is 11.8 Å². The topological polar surface area (TPSA) is 71.3 Å². The Morgan fingerprint density at radius 3 is 2.38 bits per heavy atom. The Bertz CT molecular complexity index is 890. The van der Waals surface area contributed by atoms with Crippen LogP contribution in [-0.4, -0.2) is 18.4 Å². The summed E-state index contributed by atoms with van der Waals surface area (Å²) in [5.74, 6) is -0.694. The molecule has 3 aromatic rings. The molecule has 0 saturated carbocycles. The van der Waals surface area contributed by atoms with Gasteiger partial charge in [-0.25, -0.2) is 4.39 Å². The van der Waals surface area contributed by atoms with Gasteiger partial charge in [-0.15, -0.1) is 0 Å². The Morgan fingerprint density at radius 2 is 1.69 bits per heavy atom. The van der Waals surface area contributed by atoms with Gasteiger partial charge in [0, 0.05) is 17.8 Å². The lowest BCUT2D eigenvalue weighted by Gasteiger charge is -2.07. The number of carbonyl (C=O) groups excluding carboxylic acids is 2. The van der Waals surface area contributed by atoms with Crippen molar-refractivity contribution in [2.24, 2.45) is 0 Å². The van der Waals surface area contributed by atoms with Crippen LogP contribution < -0.4 is 10.6 Å². The molecule has 0 aliphatic carbocycles. The average molecular weight is 352 g/mol. The highest BCUT2D eigenvalue weighted by atomic mass is 19.1. The highest BCUT2D eigenvalue weighted by molar-refractivity contribution is 6.02. The van der Waals surface area contributed by atoms with Crippen molar-refractivity contribution in [3.8, 4) is 0 Å². The Labute approximate surface area is 149 Å². The van der Waals surface area contributed by atoms with Crippen LogP contribution in [0.25, 0.3) is 0 Å². The molecule has 3 rings (SSSR count). The highest BCUT2D eigenvalue weighted by Crippen LogP contribution is 2.12. The number of amides is 2. The van der Waals surface area contributed by atoms with Crippen LogP contribution in [-0.2, 0) is 6.42 Å². The minimum atomic E-state index is -0.364. The van der Waals surface area contributed by atoms with Crippen molar-refractivity contribution in [2.45, 2.75) is 6.42 Å². The smallest absolute Gasteiger partial charge is 0.291 e. The summed E-state index contributed by atoms with van der Waals surface area (Å²) in [5.41, 5.74) is 1.56. The third kappa shape index (κ3) is 4.36. The summed E-state index contributed by atoms with van der Waals surface area (Å²) < 4.78 is 18.5. The number of benzene rings is 2. The summed E-state index contributed by atoms with van der Waals surface area (Å²) in [6.45, 7) is 0.330. The van der Waals surface area contributed by atoms with Gasteiger partial charge < -0.3 is 15.1 Å². The van der Waals surface area contributed by atoms with Gasteiger partial charge in [-0.05, 0) is 54.4 Å². The molecular weight excluding hydrogens is 335 g/mol. The zero-order valence-electron chi connectivity index (χ0n) is 13.9. The predicted octanol–water partition coefficient (Wildman–Crippen LogP) is 3.64. The zero-order valence-corrected chi connectivity index (χ0v) is 13.9. The van der Waals surface area contributed by atoms with Crippen LogP contribution in [0, 0.1) is 5.82 Å². The van der Waals surface area contributed by atoms with Crippen molar-refractivity contribution in [3.05, 3.63) is 89.6 Å². The molecule has 132 valence electrons. The Balaban J connectivity index is 1.52. The summed E-state index contributed by atoms with van der Waals surface area (Å²) in [6.07, 6.45) is 1.83. The van der Waals surface area contributed by atoms with E-state index in [9.17, 15) is 14.0 Å².